The lowest BCUT2D eigenvalue weighted by Crippen LogP contribution is -2.52. The molecule has 0 aliphatic carbocycles. The number of likely N-dealkylation sites (tertiary alicyclic amines) is 1. The highest BCUT2D eigenvalue weighted by molar-refractivity contribution is 7.59. The summed E-state index contributed by atoms with van der Waals surface area (Å²) in [7, 11) is 1.40. The number of aromatic nitrogens is 3. The quantitative estimate of drug-likeness (QED) is 0.243. The van der Waals surface area contributed by atoms with Gasteiger partial charge in [0.2, 0.25) is 0 Å². The Hall–Kier alpha value is -3.58. The number of hydrogen-bond donors (Lipinski definition) is 1. The van der Waals surface area contributed by atoms with E-state index in [0.717, 1.165) is 67.8 Å². The van der Waals surface area contributed by atoms with Crippen LogP contribution in [-0.2, 0) is 24.2 Å². The highest BCUT2D eigenvalue weighted by Crippen LogP contribution is 2.33. The van der Waals surface area contributed by atoms with Crippen LogP contribution in [0.1, 0.15) is 41.5 Å². The van der Waals surface area contributed by atoms with Crippen molar-refractivity contribution in [2.45, 2.75) is 64.5 Å². The fraction of sp³-hybridized carbons (Fsp3) is 0.515. The molecular formula is C33H41F3N8O2S2. The molecule has 10 nitrogen and oxygen atoms in total. The second-order valence-corrected chi connectivity index (χ2v) is 13.6. The van der Waals surface area contributed by atoms with E-state index >= 15 is 0 Å². The molecule has 6 rings (SSSR count). The molecule has 4 aromatic rings. The van der Waals surface area contributed by atoms with E-state index in [2.05, 4.69) is 61.7 Å². The van der Waals surface area contributed by atoms with E-state index in [4.69, 9.17) is 4.74 Å². The van der Waals surface area contributed by atoms with E-state index in [1.54, 1.807) is 11.0 Å². The Bertz CT molecular complexity index is 1790. The van der Waals surface area contributed by atoms with Crippen LogP contribution < -0.4 is 5.32 Å². The molecule has 0 spiro atoms. The lowest BCUT2D eigenvalue weighted by atomic mass is 10.0. The molecule has 1 atom stereocenters. The SMILES string of the molecule is COC(=O)N1CCN([C@@H](C)Cn2c(C#N)cc3c(C)c(CN4CCC(Nc5ncnc6sc(CC(F)(F)F)cc56)CC4)ccc32)CC1.S. The van der Waals surface area contributed by atoms with Crippen LogP contribution in [0.15, 0.2) is 30.6 Å². The number of piperidine rings is 1. The maximum Gasteiger partial charge on any atom is 0.409 e. The van der Waals surface area contributed by atoms with Gasteiger partial charge in [0.25, 0.3) is 0 Å². The van der Waals surface area contributed by atoms with Gasteiger partial charge in [-0.1, -0.05) is 6.07 Å². The van der Waals surface area contributed by atoms with E-state index in [-0.39, 0.29) is 36.5 Å². The van der Waals surface area contributed by atoms with Crippen molar-refractivity contribution in [2.24, 2.45) is 0 Å². The topological polar surface area (TPSA) is 103 Å². The molecule has 1 aromatic carbocycles. The summed E-state index contributed by atoms with van der Waals surface area (Å²) in [6.07, 6.45) is -2.34. The number of methoxy groups -OCH3 is 1. The van der Waals surface area contributed by atoms with Crippen molar-refractivity contribution in [3.8, 4) is 6.07 Å². The molecule has 0 unspecified atom stereocenters. The number of benzene rings is 1. The lowest BCUT2D eigenvalue weighted by molar-refractivity contribution is -0.126. The number of thiophene rings is 1. The number of nitrogens with one attached hydrogen (secondary N) is 1. The Balaban J connectivity index is 0.00000451. The van der Waals surface area contributed by atoms with Crippen LogP contribution in [0.3, 0.4) is 0 Å². The molecule has 1 amide bonds. The minimum atomic E-state index is -4.26. The summed E-state index contributed by atoms with van der Waals surface area (Å²) in [4.78, 5) is 27.7. The summed E-state index contributed by atoms with van der Waals surface area (Å²) < 4.78 is 45.8. The number of anilines is 1. The Morgan fingerprint density at radius 1 is 1.12 bits per heavy atom. The number of carbonyl (C=O) groups excluding carboxylic acids is 1. The van der Waals surface area contributed by atoms with Gasteiger partial charge in [-0.15, -0.1) is 11.3 Å². The first kappa shape index (κ1) is 35.7. The zero-order valence-electron chi connectivity index (χ0n) is 27.3. The highest BCUT2D eigenvalue weighted by atomic mass is 32.1. The molecule has 0 radical (unpaired) electrons. The van der Waals surface area contributed by atoms with Gasteiger partial charge in [-0.2, -0.15) is 31.9 Å². The molecule has 1 N–H and O–H groups in total. The molecule has 2 saturated heterocycles. The van der Waals surface area contributed by atoms with Crippen LogP contribution in [0.25, 0.3) is 21.1 Å². The molecule has 0 bridgehead atoms. The molecule has 2 aliphatic heterocycles. The molecule has 0 saturated carbocycles. The van der Waals surface area contributed by atoms with Crippen LogP contribution >= 0.6 is 24.8 Å². The molecule has 15 heteroatoms. The predicted molar refractivity (Wildman–Crippen MR) is 186 cm³/mol. The van der Waals surface area contributed by atoms with Crippen molar-refractivity contribution in [2.75, 3.05) is 51.7 Å². The van der Waals surface area contributed by atoms with E-state index < -0.39 is 12.6 Å². The maximum absolute atomic E-state index is 12.9. The zero-order chi connectivity index (χ0) is 33.3. The number of alkyl halides is 3. The van der Waals surface area contributed by atoms with Crippen LogP contribution in [0.2, 0.25) is 0 Å². The summed E-state index contributed by atoms with van der Waals surface area (Å²) >= 11 is 1.06. The van der Waals surface area contributed by atoms with Gasteiger partial charge in [0.15, 0.2) is 0 Å². The van der Waals surface area contributed by atoms with Gasteiger partial charge in [-0.25, -0.2) is 14.8 Å². The van der Waals surface area contributed by atoms with Crippen molar-refractivity contribution in [3.63, 3.8) is 0 Å². The molecule has 258 valence electrons. The fourth-order valence-electron chi connectivity index (χ4n) is 6.81. The largest absolute Gasteiger partial charge is 0.453 e. The van der Waals surface area contributed by atoms with E-state index in [0.29, 0.717) is 41.4 Å². The van der Waals surface area contributed by atoms with Gasteiger partial charge >= 0.3 is 12.3 Å². The summed E-state index contributed by atoms with van der Waals surface area (Å²) in [6, 6.07) is 10.6. The monoisotopic (exact) mass is 702 g/mol. The first-order valence-electron chi connectivity index (χ1n) is 15.9. The van der Waals surface area contributed by atoms with E-state index in [1.165, 1.54) is 24.6 Å². The first-order chi connectivity index (χ1) is 22.5. The van der Waals surface area contributed by atoms with Gasteiger partial charge in [0.05, 0.1) is 18.9 Å². The summed E-state index contributed by atoms with van der Waals surface area (Å²) in [5, 5.41) is 15.2. The third-order valence-corrected chi connectivity index (χ3v) is 10.5. The molecule has 48 heavy (non-hydrogen) atoms. The second-order valence-electron chi connectivity index (χ2n) is 12.5. The molecule has 2 aliphatic rings. The highest BCUT2D eigenvalue weighted by Gasteiger charge is 2.30. The molecule has 2 fully saturated rings. The maximum atomic E-state index is 12.9. The molecular weight excluding hydrogens is 662 g/mol. The summed E-state index contributed by atoms with van der Waals surface area (Å²) in [5.74, 6) is 0.593. The number of ether oxygens (including phenoxy) is 1. The molecule has 5 heterocycles. The van der Waals surface area contributed by atoms with Crippen LogP contribution in [-0.4, -0.2) is 100.0 Å². The number of nitrogens with zero attached hydrogens (tertiary/aromatic N) is 7. The van der Waals surface area contributed by atoms with Crippen LogP contribution in [0, 0.1) is 18.3 Å². The average Bonchev–Trinajstić information content (AvgIpc) is 3.63. The number of hydrogen-bond acceptors (Lipinski definition) is 9. The Morgan fingerprint density at radius 2 is 1.85 bits per heavy atom. The minimum absolute atomic E-state index is 0. The van der Waals surface area contributed by atoms with Crippen molar-refractivity contribution in [1.82, 2.24) is 29.2 Å². The Morgan fingerprint density at radius 3 is 2.52 bits per heavy atom. The van der Waals surface area contributed by atoms with Crippen molar-refractivity contribution in [1.29, 1.82) is 5.26 Å². The first-order valence-corrected chi connectivity index (χ1v) is 16.7. The van der Waals surface area contributed by atoms with Gasteiger partial charge in [-0.3, -0.25) is 9.80 Å². The minimum Gasteiger partial charge on any atom is -0.453 e. The lowest BCUT2D eigenvalue weighted by Gasteiger charge is -2.37. The zero-order valence-corrected chi connectivity index (χ0v) is 29.1. The van der Waals surface area contributed by atoms with Crippen LogP contribution in [0.5, 0.6) is 0 Å². The average molecular weight is 703 g/mol. The van der Waals surface area contributed by atoms with Crippen molar-refractivity contribution >= 4 is 57.9 Å². The standard InChI is InChI=1S/C33H39F3N8O2S.H2S/c1-21(42-10-12-43(13-11-42)32(45)46-3)18-44-25(17-37)14-27-22(2)23(4-5-29(27)44)19-41-8-6-24(7-9-41)40-30-28-15-26(16-33(34,35)36)47-31(28)39-20-38-30;/h4-5,14-15,20-21,24H,6-13,16,18-19H2,1-3H3,(H,38,39,40);1H2/t21-;/m0./s1. The number of halogens is 3. The van der Waals surface area contributed by atoms with Crippen molar-refractivity contribution < 1.29 is 22.7 Å². The number of rotatable bonds is 8. The Labute approximate surface area is 288 Å². The summed E-state index contributed by atoms with van der Waals surface area (Å²) in [5.41, 5.74) is 4.09. The van der Waals surface area contributed by atoms with Gasteiger partial charge < -0.3 is 19.5 Å². The number of fused-ring (bicyclic) bond motifs is 2. The number of aryl methyl sites for hydroxylation is 1. The van der Waals surface area contributed by atoms with E-state index in [9.17, 15) is 23.2 Å². The number of amides is 1. The third-order valence-electron chi connectivity index (χ3n) is 9.48. The third kappa shape index (κ3) is 7.83. The second kappa shape index (κ2) is 14.9. The summed E-state index contributed by atoms with van der Waals surface area (Å²) in [6.45, 7) is 10.3. The number of nitriles is 1. The smallest absolute Gasteiger partial charge is 0.409 e. The normalized spacial score (nSPS) is 17.3. The fourth-order valence-corrected chi connectivity index (χ4v) is 7.84. The van der Waals surface area contributed by atoms with Crippen LogP contribution in [0.4, 0.5) is 23.8 Å². The number of piperazine rings is 1. The number of carbonyl (C=O) groups is 1. The van der Waals surface area contributed by atoms with Crippen molar-refractivity contribution in [3.05, 3.63) is 52.3 Å². The van der Waals surface area contributed by atoms with Gasteiger partial charge in [0, 0.05) is 80.2 Å². The predicted octanol–water partition coefficient (Wildman–Crippen LogP) is 5.89. The van der Waals surface area contributed by atoms with E-state index in [1.807, 2.05) is 6.07 Å². The van der Waals surface area contributed by atoms with Gasteiger partial charge in [-0.05, 0) is 56.0 Å². The molecule has 3 aromatic heterocycles. The Kier molecular flexibility index (Phi) is 11.1. The van der Waals surface area contributed by atoms with Gasteiger partial charge in [0.1, 0.15) is 28.7 Å².